The van der Waals surface area contributed by atoms with Crippen molar-refractivity contribution in [3.05, 3.63) is 119 Å². The molecule has 0 bridgehead atoms. The zero-order valence-electron chi connectivity index (χ0n) is 21.2. The standard InChI is InChI=1S/C31H31ClN2O4/c1-2-20-37-30(36)34(29(23-8-4-3-5-9-23)24-12-14-26(32)15-13-24)21-28(35)33-18-16-31(17-19-33)27-11-7-6-10-25(27)22-38-31/h2-15,29H,1,16-22H2. The van der Waals surface area contributed by atoms with Crippen molar-refractivity contribution in [2.24, 2.45) is 0 Å². The molecule has 7 heteroatoms. The van der Waals surface area contributed by atoms with E-state index in [2.05, 4.69) is 18.7 Å². The van der Waals surface area contributed by atoms with Crippen molar-refractivity contribution in [2.75, 3.05) is 26.2 Å². The summed E-state index contributed by atoms with van der Waals surface area (Å²) >= 11 is 6.15. The normalized spacial score (nSPS) is 16.5. The minimum absolute atomic E-state index is 0.0502. The SMILES string of the molecule is C=CCOC(=O)N(CC(=O)N1CCC2(CC1)OCc1ccccc12)C(c1ccccc1)c1ccc(Cl)cc1. The van der Waals surface area contributed by atoms with Crippen molar-refractivity contribution in [3.8, 4) is 0 Å². The van der Waals surface area contributed by atoms with Gasteiger partial charge >= 0.3 is 6.09 Å². The summed E-state index contributed by atoms with van der Waals surface area (Å²) in [7, 11) is 0. The second-order valence-corrected chi connectivity index (χ2v) is 10.1. The number of likely N-dealkylation sites (tertiary alicyclic amines) is 1. The maximum atomic E-state index is 13.7. The highest BCUT2D eigenvalue weighted by Crippen LogP contribution is 2.44. The van der Waals surface area contributed by atoms with E-state index in [0.29, 0.717) is 24.7 Å². The number of halogens is 1. The average Bonchev–Trinajstić information content (AvgIpc) is 3.31. The van der Waals surface area contributed by atoms with Gasteiger partial charge in [-0.2, -0.15) is 0 Å². The van der Waals surface area contributed by atoms with E-state index in [1.807, 2.05) is 59.5 Å². The van der Waals surface area contributed by atoms with E-state index in [0.717, 1.165) is 24.0 Å². The van der Waals surface area contributed by atoms with Gasteiger partial charge in [-0.1, -0.05) is 91.0 Å². The summed E-state index contributed by atoms with van der Waals surface area (Å²) in [6.07, 6.45) is 2.37. The zero-order chi connectivity index (χ0) is 26.5. The molecule has 1 fully saturated rings. The Bertz CT molecular complexity index is 1290. The lowest BCUT2D eigenvalue weighted by atomic mass is 9.84. The molecular formula is C31H31ClN2O4. The number of amides is 2. The fraction of sp³-hybridized carbons (Fsp3) is 0.290. The highest BCUT2D eigenvalue weighted by molar-refractivity contribution is 6.30. The Morgan fingerprint density at radius 1 is 1.00 bits per heavy atom. The average molecular weight is 531 g/mol. The van der Waals surface area contributed by atoms with Crippen LogP contribution >= 0.6 is 11.6 Å². The van der Waals surface area contributed by atoms with Crippen LogP contribution in [0.1, 0.15) is 41.1 Å². The van der Waals surface area contributed by atoms with Gasteiger partial charge in [-0.3, -0.25) is 9.69 Å². The van der Waals surface area contributed by atoms with Gasteiger partial charge in [-0.25, -0.2) is 4.79 Å². The number of fused-ring (bicyclic) bond motifs is 2. The Morgan fingerprint density at radius 2 is 1.66 bits per heavy atom. The molecule has 38 heavy (non-hydrogen) atoms. The highest BCUT2D eigenvalue weighted by atomic mass is 35.5. The molecule has 0 aromatic heterocycles. The predicted octanol–water partition coefficient (Wildman–Crippen LogP) is 6.10. The van der Waals surface area contributed by atoms with E-state index in [4.69, 9.17) is 21.1 Å². The molecule has 0 radical (unpaired) electrons. The van der Waals surface area contributed by atoms with Crippen molar-refractivity contribution >= 4 is 23.6 Å². The van der Waals surface area contributed by atoms with Crippen LogP contribution in [-0.4, -0.2) is 48.0 Å². The molecule has 196 valence electrons. The number of carbonyl (C=O) groups excluding carboxylic acids is 2. The number of benzene rings is 3. The molecule has 0 aliphatic carbocycles. The fourth-order valence-corrected chi connectivity index (χ4v) is 5.59. The van der Waals surface area contributed by atoms with Crippen molar-refractivity contribution in [1.82, 2.24) is 9.80 Å². The summed E-state index contributed by atoms with van der Waals surface area (Å²) in [5, 5.41) is 0.593. The molecule has 3 aromatic carbocycles. The molecule has 2 amide bonds. The van der Waals surface area contributed by atoms with Gasteiger partial charge in [0.25, 0.3) is 0 Å². The fourth-order valence-electron chi connectivity index (χ4n) is 5.47. The van der Waals surface area contributed by atoms with Crippen molar-refractivity contribution in [2.45, 2.75) is 31.1 Å². The quantitative estimate of drug-likeness (QED) is 0.346. The molecule has 1 atom stereocenters. The van der Waals surface area contributed by atoms with E-state index in [1.54, 1.807) is 12.1 Å². The first-order valence-electron chi connectivity index (χ1n) is 12.9. The number of carbonyl (C=O) groups is 2. The number of piperidine rings is 1. The first-order chi connectivity index (χ1) is 18.5. The van der Waals surface area contributed by atoms with Crippen LogP contribution in [0.3, 0.4) is 0 Å². The molecule has 2 aliphatic heterocycles. The maximum Gasteiger partial charge on any atom is 0.411 e. The number of nitrogens with zero attached hydrogens (tertiary/aromatic N) is 2. The van der Waals surface area contributed by atoms with Gasteiger partial charge in [0.15, 0.2) is 0 Å². The maximum absolute atomic E-state index is 13.7. The molecule has 2 heterocycles. The first-order valence-corrected chi connectivity index (χ1v) is 13.2. The number of rotatable bonds is 7. The van der Waals surface area contributed by atoms with E-state index < -0.39 is 12.1 Å². The second-order valence-electron chi connectivity index (χ2n) is 9.68. The topological polar surface area (TPSA) is 59.1 Å². The molecule has 1 spiro atoms. The second kappa shape index (κ2) is 11.4. The van der Waals surface area contributed by atoms with Gasteiger partial charge < -0.3 is 14.4 Å². The van der Waals surface area contributed by atoms with Gasteiger partial charge in [-0.05, 0) is 47.2 Å². The van der Waals surface area contributed by atoms with Crippen LogP contribution in [0, 0.1) is 0 Å². The molecule has 3 aromatic rings. The summed E-state index contributed by atoms with van der Waals surface area (Å²) in [6.45, 7) is 5.29. The Morgan fingerprint density at radius 3 is 2.37 bits per heavy atom. The van der Waals surface area contributed by atoms with Crippen LogP contribution in [0.15, 0.2) is 91.5 Å². The number of ether oxygens (including phenoxy) is 2. The van der Waals surface area contributed by atoms with Crippen LogP contribution in [0.25, 0.3) is 0 Å². The molecule has 2 aliphatic rings. The van der Waals surface area contributed by atoms with Crippen LogP contribution in [0.5, 0.6) is 0 Å². The third-order valence-corrected chi connectivity index (χ3v) is 7.67. The smallest absolute Gasteiger partial charge is 0.411 e. The lowest BCUT2D eigenvalue weighted by molar-refractivity contribution is -0.139. The van der Waals surface area contributed by atoms with Crippen LogP contribution < -0.4 is 0 Å². The minimum atomic E-state index is -0.580. The highest BCUT2D eigenvalue weighted by Gasteiger charge is 2.43. The van der Waals surface area contributed by atoms with E-state index in [9.17, 15) is 9.59 Å². The first kappa shape index (κ1) is 26.0. The largest absolute Gasteiger partial charge is 0.445 e. The summed E-state index contributed by atoms with van der Waals surface area (Å²) in [6, 6.07) is 24.7. The molecule has 1 unspecified atom stereocenters. The minimum Gasteiger partial charge on any atom is -0.445 e. The summed E-state index contributed by atoms with van der Waals surface area (Å²) in [5.41, 5.74) is 3.81. The van der Waals surface area contributed by atoms with Gasteiger partial charge in [-0.15, -0.1) is 0 Å². The molecule has 5 rings (SSSR count). The van der Waals surface area contributed by atoms with Gasteiger partial charge in [0.1, 0.15) is 13.2 Å². The molecule has 0 saturated carbocycles. The Hall–Kier alpha value is -3.61. The summed E-state index contributed by atoms with van der Waals surface area (Å²) < 4.78 is 11.7. The molecule has 6 nitrogen and oxygen atoms in total. The molecule has 0 N–H and O–H groups in total. The van der Waals surface area contributed by atoms with Crippen LogP contribution in [0.2, 0.25) is 5.02 Å². The Kier molecular flexibility index (Phi) is 7.82. The summed E-state index contributed by atoms with van der Waals surface area (Å²) in [4.78, 5) is 30.3. The van der Waals surface area contributed by atoms with Crippen LogP contribution in [-0.2, 0) is 26.5 Å². The van der Waals surface area contributed by atoms with E-state index in [1.165, 1.54) is 22.1 Å². The number of hydrogen-bond donors (Lipinski definition) is 0. The van der Waals surface area contributed by atoms with Crippen molar-refractivity contribution in [3.63, 3.8) is 0 Å². The molecule has 1 saturated heterocycles. The monoisotopic (exact) mass is 530 g/mol. The number of hydrogen-bond acceptors (Lipinski definition) is 4. The van der Waals surface area contributed by atoms with E-state index in [-0.39, 0.29) is 24.7 Å². The lowest BCUT2D eigenvalue weighted by Crippen LogP contribution is -2.50. The van der Waals surface area contributed by atoms with Crippen LogP contribution in [0.4, 0.5) is 4.79 Å². The third-order valence-electron chi connectivity index (χ3n) is 7.41. The zero-order valence-corrected chi connectivity index (χ0v) is 22.0. The predicted molar refractivity (Wildman–Crippen MR) is 147 cm³/mol. The van der Waals surface area contributed by atoms with Gasteiger partial charge in [0, 0.05) is 18.1 Å². The lowest BCUT2D eigenvalue weighted by Gasteiger charge is -2.40. The molecular weight excluding hydrogens is 500 g/mol. The van der Waals surface area contributed by atoms with Gasteiger partial charge in [0.2, 0.25) is 5.91 Å². The Balaban J connectivity index is 1.38. The van der Waals surface area contributed by atoms with Crippen molar-refractivity contribution < 1.29 is 19.1 Å². The third kappa shape index (κ3) is 5.33. The van der Waals surface area contributed by atoms with E-state index >= 15 is 0 Å². The van der Waals surface area contributed by atoms with Gasteiger partial charge in [0.05, 0.1) is 18.2 Å². The van der Waals surface area contributed by atoms with Crippen molar-refractivity contribution in [1.29, 1.82) is 0 Å². The summed E-state index contributed by atoms with van der Waals surface area (Å²) in [5.74, 6) is -0.128. The Labute approximate surface area is 228 Å².